The molecule has 24 heavy (non-hydrogen) atoms. The maximum atomic E-state index is 12.3. The van der Waals surface area contributed by atoms with E-state index in [1.165, 1.54) is 4.88 Å². The van der Waals surface area contributed by atoms with E-state index < -0.39 is 0 Å². The van der Waals surface area contributed by atoms with E-state index in [4.69, 9.17) is 0 Å². The Morgan fingerprint density at radius 3 is 2.62 bits per heavy atom. The third-order valence-corrected chi connectivity index (χ3v) is 4.95. The fraction of sp³-hybridized carbons (Fsp3) is 0.350. The SMILES string of the molecule is O=C(c1ccc(NCCC#CCc2cccs2)cc1)N1CCCC1. The highest BCUT2D eigenvalue weighted by Gasteiger charge is 2.18. The topological polar surface area (TPSA) is 32.3 Å². The molecule has 3 nitrogen and oxygen atoms in total. The predicted molar refractivity (Wildman–Crippen MR) is 100 cm³/mol. The second-order valence-electron chi connectivity index (χ2n) is 5.86. The van der Waals surface area contributed by atoms with Crippen LogP contribution in [0, 0.1) is 11.8 Å². The average Bonchev–Trinajstić information content (AvgIpc) is 3.31. The zero-order valence-electron chi connectivity index (χ0n) is 13.8. The molecule has 2 heterocycles. The molecule has 0 spiro atoms. The molecule has 0 aliphatic carbocycles. The molecule has 0 radical (unpaired) electrons. The van der Waals surface area contributed by atoms with Crippen molar-refractivity contribution >= 4 is 22.9 Å². The second kappa shape index (κ2) is 8.56. The fourth-order valence-electron chi connectivity index (χ4n) is 2.75. The van der Waals surface area contributed by atoms with Gasteiger partial charge in [0.25, 0.3) is 5.91 Å². The average molecular weight is 338 g/mol. The minimum atomic E-state index is 0.151. The van der Waals surface area contributed by atoms with Crippen LogP contribution in [0.2, 0.25) is 0 Å². The lowest BCUT2D eigenvalue weighted by atomic mass is 10.2. The predicted octanol–water partition coefficient (Wildman–Crippen LogP) is 4.03. The number of carbonyl (C=O) groups excluding carboxylic acids is 1. The van der Waals surface area contributed by atoms with Gasteiger partial charge in [0, 0.05) is 48.6 Å². The minimum Gasteiger partial charge on any atom is -0.384 e. The smallest absolute Gasteiger partial charge is 0.253 e. The highest BCUT2D eigenvalue weighted by molar-refractivity contribution is 7.09. The number of nitrogens with zero attached hydrogens (tertiary/aromatic N) is 1. The molecular formula is C20H22N2OS. The van der Waals surface area contributed by atoms with E-state index in [-0.39, 0.29) is 5.91 Å². The Labute approximate surface area is 147 Å². The van der Waals surface area contributed by atoms with Crippen LogP contribution in [0.5, 0.6) is 0 Å². The largest absolute Gasteiger partial charge is 0.384 e. The molecule has 124 valence electrons. The summed E-state index contributed by atoms with van der Waals surface area (Å²) in [6, 6.07) is 11.9. The third kappa shape index (κ3) is 4.62. The monoisotopic (exact) mass is 338 g/mol. The number of thiophene rings is 1. The van der Waals surface area contributed by atoms with E-state index in [0.717, 1.165) is 56.6 Å². The van der Waals surface area contributed by atoms with Crippen LogP contribution < -0.4 is 5.32 Å². The zero-order chi connectivity index (χ0) is 16.6. The van der Waals surface area contributed by atoms with Crippen LogP contribution in [0.15, 0.2) is 41.8 Å². The number of hydrogen-bond acceptors (Lipinski definition) is 3. The summed E-state index contributed by atoms with van der Waals surface area (Å²) in [7, 11) is 0. The number of anilines is 1. The van der Waals surface area contributed by atoms with Crippen LogP contribution in [0.3, 0.4) is 0 Å². The molecule has 3 rings (SSSR count). The van der Waals surface area contributed by atoms with Gasteiger partial charge in [-0.2, -0.15) is 0 Å². The van der Waals surface area contributed by atoms with Gasteiger partial charge in [-0.05, 0) is 48.6 Å². The first-order chi connectivity index (χ1) is 11.8. The molecule has 1 aliphatic heterocycles. The third-order valence-electron chi connectivity index (χ3n) is 4.07. The van der Waals surface area contributed by atoms with Crippen molar-refractivity contribution < 1.29 is 4.79 Å². The summed E-state index contributed by atoms with van der Waals surface area (Å²) in [5, 5.41) is 5.43. The van der Waals surface area contributed by atoms with Gasteiger partial charge in [-0.3, -0.25) is 4.79 Å². The van der Waals surface area contributed by atoms with E-state index in [0.29, 0.717) is 0 Å². The first-order valence-corrected chi connectivity index (χ1v) is 9.32. The Balaban J connectivity index is 1.41. The van der Waals surface area contributed by atoms with E-state index >= 15 is 0 Å². The van der Waals surface area contributed by atoms with Crippen molar-refractivity contribution in [3.05, 3.63) is 52.2 Å². The number of rotatable bonds is 5. The molecule has 1 aromatic heterocycles. The Morgan fingerprint density at radius 2 is 1.92 bits per heavy atom. The van der Waals surface area contributed by atoms with Crippen molar-refractivity contribution in [2.75, 3.05) is 25.0 Å². The van der Waals surface area contributed by atoms with Gasteiger partial charge in [0.05, 0.1) is 0 Å². The number of nitrogens with one attached hydrogen (secondary N) is 1. The molecule has 1 aliphatic rings. The molecule has 4 heteroatoms. The summed E-state index contributed by atoms with van der Waals surface area (Å²) in [5.74, 6) is 6.54. The molecule has 0 atom stereocenters. The van der Waals surface area contributed by atoms with E-state index in [2.05, 4.69) is 34.7 Å². The summed E-state index contributed by atoms with van der Waals surface area (Å²) >= 11 is 1.75. The quantitative estimate of drug-likeness (QED) is 0.659. The molecule has 1 amide bonds. The number of amides is 1. The minimum absolute atomic E-state index is 0.151. The summed E-state index contributed by atoms with van der Waals surface area (Å²) in [6.45, 7) is 2.60. The molecule has 1 aromatic carbocycles. The van der Waals surface area contributed by atoms with Gasteiger partial charge in [0.2, 0.25) is 0 Å². The van der Waals surface area contributed by atoms with Crippen LogP contribution in [0.1, 0.15) is 34.5 Å². The molecule has 1 N–H and O–H groups in total. The van der Waals surface area contributed by atoms with E-state index in [1.807, 2.05) is 29.2 Å². The Bertz CT molecular complexity index is 704. The zero-order valence-corrected chi connectivity index (χ0v) is 14.6. The van der Waals surface area contributed by atoms with Crippen molar-refractivity contribution in [3.8, 4) is 11.8 Å². The molecule has 1 saturated heterocycles. The maximum absolute atomic E-state index is 12.3. The van der Waals surface area contributed by atoms with Crippen molar-refractivity contribution in [1.29, 1.82) is 0 Å². The van der Waals surface area contributed by atoms with Crippen molar-refractivity contribution in [1.82, 2.24) is 4.90 Å². The first-order valence-electron chi connectivity index (χ1n) is 8.44. The molecule has 2 aromatic rings. The highest BCUT2D eigenvalue weighted by Crippen LogP contribution is 2.15. The van der Waals surface area contributed by atoms with Gasteiger partial charge >= 0.3 is 0 Å². The molecule has 0 unspecified atom stereocenters. The van der Waals surface area contributed by atoms with Crippen LogP contribution in [0.4, 0.5) is 5.69 Å². The molecule has 0 bridgehead atoms. The van der Waals surface area contributed by atoms with Crippen LogP contribution >= 0.6 is 11.3 Å². The van der Waals surface area contributed by atoms with Gasteiger partial charge < -0.3 is 10.2 Å². The second-order valence-corrected chi connectivity index (χ2v) is 6.90. The Kier molecular flexibility index (Phi) is 5.92. The lowest BCUT2D eigenvalue weighted by molar-refractivity contribution is 0.0793. The molecule has 0 saturated carbocycles. The maximum Gasteiger partial charge on any atom is 0.253 e. The normalized spacial score (nSPS) is 13.4. The summed E-state index contributed by atoms with van der Waals surface area (Å²) in [4.78, 5) is 15.5. The Morgan fingerprint density at radius 1 is 1.12 bits per heavy atom. The van der Waals surface area contributed by atoms with Gasteiger partial charge in [0.1, 0.15) is 0 Å². The van der Waals surface area contributed by atoms with E-state index in [9.17, 15) is 4.79 Å². The molecular weight excluding hydrogens is 316 g/mol. The summed E-state index contributed by atoms with van der Waals surface area (Å²) < 4.78 is 0. The lowest BCUT2D eigenvalue weighted by Gasteiger charge is -2.15. The van der Waals surface area contributed by atoms with Crippen molar-refractivity contribution in [3.63, 3.8) is 0 Å². The highest BCUT2D eigenvalue weighted by atomic mass is 32.1. The number of likely N-dealkylation sites (tertiary alicyclic amines) is 1. The van der Waals surface area contributed by atoms with Gasteiger partial charge in [-0.1, -0.05) is 12.0 Å². The number of hydrogen-bond donors (Lipinski definition) is 1. The number of carbonyl (C=O) groups is 1. The summed E-state index contributed by atoms with van der Waals surface area (Å²) in [6.07, 6.45) is 3.91. The number of benzene rings is 1. The van der Waals surface area contributed by atoms with Crippen molar-refractivity contribution in [2.45, 2.75) is 25.7 Å². The van der Waals surface area contributed by atoms with Gasteiger partial charge in [-0.15, -0.1) is 17.3 Å². The van der Waals surface area contributed by atoms with Crippen molar-refractivity contribution in [2.24, 2.45) is 0 Å². The van der Waals surface area contributed by atoms with Crippen LogP contribution in [-0.4, -0.2) is 30.4 Å². The Hall–Kier alpha value is -2.25. The standard InChI is InChI=1S/C20H22N2OS/c23-20(22-14-4-5-15-22)17-9-11-18(12-10-17)21-13-3-1-2-7-19-8-6-16-24-19/h6,8-12,16,21H,3-5,7,13-15H2. The summed E-state index contributed by atoms with van der Waals surface area (Å²) in [5.41, 5.74) is 1.81. The van der Waals surface area contributed by atoms with Crippen LogP contribution in [0.25, 0.3) is 0 Å². The van der Waals surface area contributed by atoms with Gasteiger partial charge in [-0.25, -0.2) is 0 Å². The van der Waals surface area contributed by atoms with Gasteiger partial charge in [0.15, 0.2) is 0 Å². The van der Waals surface area contributed by atoms with Crippen LogP contribution in [-0.2, 0) is 6.42 Å². The van der Waals surface area contributed by atoms with E-state index in [1.54, 1.807) is 11.3 Å². The first kappa shape index (κ1) is 16.6. The fourth-order valence-corrected chi connectivity index (χ4v) is 3.40. The lowest BCUT2D eigenvalue weighted by Crippen LogP contribution is -2.27. The molecule has 1 fully saturated rings.